The van der Waals surface area contributed by atoms with Crippen LogP contribution in [0.5, 0.6) is 0 Å². The molecule has 2 saturated heterocycles. The molecule has 2 N–H and O–H groups in total. The Morgan fingerprint density at radius 1 is 1.19 bits per heavy atom. The van der Waals surface area contributed by atoms with Gasteiger partial charge >= 0.3 is 0 Å². The number of nitrogens with two attached hydrogens (primary N) is 1. The van der Waals surface area contributed by atoms with E-state index < -0.39 is 10.0 Å². The van der Waals surface area contributed by atoms with Gasteiger partial charge in [0.2, 0.25) is 10.0 Å². The van der Waals surface area contributed by atoms with E-state index in [1.807, 2.05) is 4.90 Å². The summed E-state index contributed by atoms with van der Waals surface area (Å²) in [5.74, 6) is 0.510. The molecule has 0 aliphatic carbocycles. The Balaban J connectivity index is 0.00000261. The standard InChI is InChI=1S/C17H26FN5O2S.HI/c1-26(24,25)23-7-6-14(13-23)12-20-17(19)22-10-8-21(9-11-22)16-4-2-15(18)3-5-16;/h2-5,14H,6-13H2,1H3,(H2,19,20);1H. The number of sulfonamides is 1. The first-order valence-corrected chi connectivity index (χ1v) is 10.7. The summed E-state index contributed by atoms with van der Waals surface area (Å²) in [7, 11) is -3.12. The van der Waals surface area contributed by atoms with E-state index in [9.17, 15) is 12.8 Å². The number of benzene rings is 1. The van der Waals surface area contributed by atoms with E-state index in [0.717, 1.165) is 38.3 Å². The van der Waals surface area contributed by atoms with Gasteiger partial charge in [0.05, 0.1) is 6.26 Å². The Hall–Kier alpha value is -1.14. The van der Waals surface area contributed by atoms with Crippen LogP contribution in [0.25, 0.3) is 0 Å². The fourth-order valence-electron chi connectivity index (χ4n) is 3.42. The highest BCUT2D eigenvalue weighted by Crippen LogP contribution is 2.19. The highest BCUT2D eigenvalue weighted by Gasteiger charge is 2.28. The molecule has 27 heavy (non-hydrogen) atoms. The molecule has 0 bridgehead atoms. The summed E-state index contributed by atoms with van der Waals surface area (Å²) < 4.78 is 37.7. The summed E-state index contributed by atoms with van der Waals surface area (Å²) in [6.45, 7) is 4.75. The third-order valence-electron chi connectivity index (χ3n) is 5.02. The lowest BCUT2D eigenvalue weighted by Crippen LogP contribution is -2.51. The zero-order valence-corrected chi connectivity index (χ0v) is 18.6. The maximum absolute atomic E-state index is 13.0. The fourth-order valence-corrected chi connectivity index (χ4v) is 4.33. The SMILES string of the molecule is CS(=O)(=O)N1CCC(CN=C(N)N2CCN(c3ccc(F)cc3)CC2)C1.I. The number of aliphatic imine (C=N–C) groups is 1. The summed E-state index contributed by atoms with van der Waals surface area (Å²) in [5, 5.41) is 0. The van der Waals surface area contributed by atoms with Crippen LogP contribution in [0.2, 0.25) is 0 Å². The first-order valence-electron chi connectivity index (χ1n) is 8.83. The number of hydrogen-bond acceptors (Lipinski definition) is 4. The van der Waals surface area contributed by atoms with E-state index in [-0.39, 0.29) is 35.7 Å². The zero-order chi connectivity index (χ0) is 18.7. The van der Waals surface area contributed by atoms with Crippen LogP contribution in [0.15, 0.2) is 29.3 Å². The summed E-state index contributed by atoms with van der Waals surface area (Å²) in [6.07, 6.45) is 2.07. The van der Waals surface area contributed by atoms with Crippen LogP contribution in [0, 0.1) is 11.7 Å². The monoisotopic (exact) mass is 511 g/mol. The van der Waals surface area contributed by atoms with Gasteiger partial charge < -0.3 is 15.5 Å². The second kappa shape index (κ2) is 9.37. The van der Waals surface area contributed by atoms with Crippen molar-refractivity contribution >= 4 is 45.6 Å². The molecule has 7 nitrogen and oxygen atoms in total. The smallest absolute Gasteiger partial charge is 0.211 e. The normalized spacial score (nSPS) is 22.0. The van der Waals surface area contributed by atoms with E-state index in [1.54, 1.807) is 12.1 Å². The van der Waals surface area contributed by atoms with Crippen LogP contribution in [0.4, 0.5) is 10.1 Å². The lowest BCUT2D eigenvalue weighted by molar-refractivity contribution is 0.379. The molecule has 0 aromatic heterocycles. The minimum Gasteiger partial charge on any atom is -0.370 e. The quantitative estimate of drug-likeness (QED) is 0.373. The lowest BCUT2D eigenvalue weighted by Gasteiger charge is -2.36. The van der Waals surface area contributed by atoms with Crippen LogP contribution in [-0.2, 0) is 10.0 Å². The zero-order valence-electron chi connectivity index (χ0n) is 15.4. The van der Waals surface area contributed by atoms with E-state index >= 15 is 0 Å². The average Bonchev–Trinajstić information content (AvgIpc) is 3.10. The predicted octanol–water partition coefficient (Wildman–Crippen LogP) is 1.16. The van der Waals surface area contributed by atoms with Crippen LogP contribution < -0.4 is 10.6 Å². The Kier molecular flexibility index (Phi) is 7.69. The second-order valence-electron chi connectivity index (χ2n) is 6.93. The molecule has 0 spiro atoms. The molecule has 3 rings (SSSR count). The third kappa shape index (κ3) is 5.92. The predicted molar refractivity (Wildman–Crippen MR) is 117 cm³/mol. The van der Waals surface area contributed by atoms with Crippen molar-refractivity contribution in [3.63, 3.8) is 0 Å². The number of hydrogen-bond donors (Lipinski definition) is 1. The van der Waals surface area contributed by atoms with Gasteiger partial charge in [-0.15, -0.1) is 24.0 Å². The number of nitrogens with zero attached hydrogens (tertiary/aromatic N) is 4. The Labute approximate surface area is 177 Å². The number of anilines is 1. The average molecular weight is 511 g/mol. The molecule has 1 aromatic rings. The number of piperazine rings is 1. The van der Waals surface area contributed by atoms with Crippen molar-refractivity contribution in [2.24, 2.45) is 16.6 Å². The second-order valence-corrected chi connectivity index (χ2v) is 8.91. The van der Waals surface area contributed by atoms with Crippen LogP contribution in [0.3, 0.4) is 0 Å². The van der Waals surface area contributed by atoms with E-state index in [0.29, 0.717) is 25.6 Å². The van der Waals surface area contributed by atoms with Gasteiger partial charge in [-0.05, 0) is 36.6 Å². The van der Waals surface area contributed by atoms with Gasteiger partial charge in [-0.1, -0.05) is 0 Å². The number of guanidine groups is 1. The van der Waals surface area contributed by atoms with Gasteiger partial charge in [0.25, 0.3) is 0 Å². The molecule has 2 aliphatic heterocycles. The van der Waals surface area contributed by atoms with Gasteiger partial charge in [0, 0.05) is 51.5 Å². The largest absolute Gasteiger partial charge is 0.370 e. The van der Waals surface area contributed by atoms with Crippen molar-refractivity contribution in [3.8, 4) is 0 Å². The Morgan fingerprint density at radius 3 is 2.37 bits per heavy atom. The van der Waals surface area contributed by atoms with Gasteiger partial charge in [-0.25, -0.2) is 17.1 Å². The first-order chi connectivity index (χ1) is 12.3. The minimum absolute atomic E-state index is 0. The van der Waals surface area contributed by atoms with E-state index in [4.69, 9.17) is 5.73 Å². The van der Waals surface area contributed by atoms with Crippen molar-refractivity contribution in [3.05, 3.63) is 30.1 Å². The third-order valence-corrected chi connectivity index (χ3v) is 6.29. The molecule has 2 fully saturated rings. The molecule has 0 radical (unpaired) electrons. The molecule has 2 aliphatic rings. The number of rotatable bonds is 4. The number of halogens is 2. The summed E-state index contributed by atoms with van der Waals surface area (Å²) in [4.78, 5) is 8.73. The summed E-state index contributed by atoms with van der Waals surface area (Å²) in [6, 6.07) is 6.52. The molecule has 152 valence electrons. The molecule has 1 unspecified atom stereocenters. The van der Waals surface area contributed by atoms with Gasteiger partial charge in [0.1, 0.15) is 5.82 Å². The van der Waals surface area contributed by atoms with E-state index in [1.165, 1.54) is 22.7 Å². The summed E-state index contributed by atoms with van der Waals surface area (Å²) >= 11 is 0. The molecule has 1 atom stereocenters. The van der Waals surface area contributed by atoms with Crippen LogP contribution in [0.1, 0.15) is 6.42 Å². The topological polar surface area (TPSA) is 82.2 Å². The van der Waals surface area contributed by atoms with Crippen molar-refractivity contribution in [1.29, 1.82) is 0 Å². The van der Waals surface area contributed by atoms with Gasteiger partial charge in [-0.2, -0.15) is 0 Å². The Morgan fingerprint density at radius 2 is 1.81 bits per heavy atom. The van der Waals surface area contributed by atoms with Crippen LogP contribution in [-0.4, -0.2) is 75.7 Å². The molecular weight excluding hydrogens is 484 g/mol. The van der Waals surface area contributed by atoms with Crippen molar-refractivity contribution in [2.75, 3.05) is 57.0 Å². The first kappa shape index (κ1) is 22.2. The van der Waals surface area contributed by atoms with Crippen molar-refractivity contribution in [1.82, 2.24) is 9.21 Å². The molecule has 0 amide bonds. The van der Waals surface area contributed by atoms with E-state index in [2.05, 4.69) is 9.89 Å². The molecule has 1 aromatic carbocycles. The minimum atomic E-state index is -3.12. The fraction of sp³-hybridized carbons (Fsp3) is 0.588. The van der Waals surface area contributed by atoms with Gasteiger partial charge in [-0.3, -0.25) is 4.99 Å². The molecule has 10 heteroatoms. The maximum Gasteiger partial charge on any atom is 0.211 e. The Bertz CT molecular complexity index is 751. The summed E-state index contributed by atoms with van der Waals surface area (Å²) in [5.41, 5.74) is 7.13. The maximum atomic E-state index is 13.0. The lowest BCUT2D eigenvalue weighted by atomic mass is 10.1. The van der Waals surface area contributed by atoms with Crippen molar-refractivity contribution in [2.45, 2.75) is 6.42 Å². The highest BCUT2D eigenvalue weighted by molar-refractivity contribution is 14.0. The molecule has 0 saturated carbocycles. The molecular formula is C17H27FIN5O2S. The van der Waals surface area contributed by atoms with Gasteiger partial charge in [0.15, 0.2) is 5.96 Å². The van der Waals surface area contributed by atoms with Crippen molar-refractivity contribution < 1.29 is 12.8 Å². The highest BCUT2D eigenvalue weighted by atomic mass is 127. The molecule has 2 heterocycles. The van der Waals surface area contributed by atoms with Crippen LogP contribution >= 0.6 is 24.0 Å².